The number of hydrogen-bond acceptors (Lipinski definition) is 7. The highest BCUT2D eigenvalue weighted by Gasteiger charge is 2.42. The summed E-state index contributed by atoms with van der Waals surface area (Å²) >= 11 is 5.82. The van der Waals surface area contributed by atoms with Gasteiger partial charge in [-0.1, -0.05) is 18.2 Å². The molecule has 0 unspecified atom stereocenters. The monoisotopic (exact) mass is 556 g/mol. The van der Waals surface area contributed by atoms with E-state index in [0.717, 1.165) is 22.5 Å². The molecule has 2 aromatic carbocycles. The summed E-state index contributed by atoms with van der Waals surface area (Å²) in [5.41, 5.74) is 4.37. The minimum Gasteiger partial charge on any atom is -0.465 e. The van der Waals surface area contributed by atoms with Gasteiger partial charge in [-0.15, -0.1) is 0 Å². The maximum Gasteiger partial charge on any atom is 0.337 e. The fourth-order valence-electron chi connectivity index (χ4n) is 4.76. The Labute approximate surface area is 237 Å². The van der Waals surface area contributed by atoms with Gasteiger partial charge in [0.2, 0.25) is 5.91 Å². The van der Waals surface area contributed by atoms with Gasteiger partial charge in [-0.3, -0.25) is 9.78 Å². The van der Waals surface area contributed by atoms with Gasteiger partial charge in [0.25, 0.3) is 0 Å². The zero-order chi connectivity index (χ0) is 28.2. The summed E-state index contributed by atoms with van der Waals surface area (Å²) in [5, 5.41) is 6.80. The number of amides is 1. The third-order valence-electron chi connectivity index (χ3n) is 6.62. The van der Waals surface area contributed by atoms with E-state index in [1.165, 1.54) is 14.2 Å². The molecular weight excluding hydrogens is 528 g/mol. The summed E-state index contributed by atoms with van der Waals surface area (Å²) < 4.78 is 16.2. The molecule has 2 atom stereocenters. The quantitative estimate of drug-likeness (QED) is 0.224. The SMILES string of the molecule is COCC(=O)Nc1ccc(N2C(=S)N[C@H](c3ccccn3)[C@@H]2c2ccc(-c3cccc(C(=O)OC)c3)o2)cc1C. The first-order valence-electron chi connectivity index (χ1n) is 12.6. The van der Waals surface area contributed by atoms with Crippen LogP contribution < -0.4 is 15.5 Å². The summed E-state index contributed by atoms with van der Waals surface area (Å²) in [6.45, 7) is 1.89. The summed E-state index contributed by atoms with van der Waals surface area (Å²) in [5.74, 6) is 0.615. The number of aromatic nitrogens is 1. The molecule has 1 amide bonds. The van der Waals surface area contributed by atoms with Crippen molar-refractivity contribution in [1.29, 1.82) is 0 Å². The molecule has 1 aliphatic heterocycles. The molecule has 10 heteroatoms. The lowest BCUT2D eigenvalue weighted by Crippen LogP contribution is -2.29. The van der Waals surface area contributed by atoms with Gasteiger partial charge in [-0.05, 0) is 79.3 Å². The molecule has 2 aromatic heterocycles. The van der Waals surface area contributed by atoms with Crippen LogP contribution in [-0.4, -0.2) is 42.8 Å². The number of aryl methyl sites for hydroxylation is 1. The highest BCUT2D eigenvalue weighted by Crippen LogP contribution is 2.43. The number of rotatable bonds is 8. The van der Waals surface area contributed by atoms with E-state index in [1.807, 2.05) is 66.4 Å². The van der Waals surface area contributed by atoms with E-state index >= 15 is 0 Å². The van der Waals surface area contributed by atoms with E-state index in [9.17, 15) is 9.59 Å². The van der Waals surface area contributed by atoms with Crippen LogP contribution in [0.4, 0.5) is 11.4 Å². The van der Waals surface area contributed by atoms with Crippen LogP contribution in [0, 0.1) is 6.92 Å². The van der Waals surface area contributed by atoms with Crippen LogP contribution in [0.1, 0.15) is 39.5 Å². The zero-order valence-electron chi connectivity index (χ0n) is 22.2. The van der Waals surface area contributed by atoms with Crippen molar-refractivity contribution in [2.45, 2.75) is 19.0 Å². The summed E-state index contributed by atoms with van der Waals surface area (Å²) in [6, 6.07) is 21.7. The summed E-state index contributed by atoms with van der Waals surface area (Å²) in [7, 11) is 2.83. The number of pyridine rings is 1. The Morgan fingerprint density at radius 1 is 1.07 bits per heavy atom. The van der Waals surface area contributed by atoms with Gasteiger partial charge in [0.05, 0.1) is 24.4 Å². The molecule has 2 N–H and O–H groups in total. The van der Waals surface area contributed by atoms with E-state index in [2.05, 4.69) is 15.6 Å². The van der Waals surface area contributed by atoms with E-state index in [1.54, 1.807) is 24.4 Å². The highest BCUT2D eigenvalue weighted by atomic mass is 32.1. The Balaban J connectivity index is 1.53. The third kappa shape index (κ3) is 5.45. The van der Waals surface area contributed by atoms with Gasteiger partial charge in [0.15, 0.2) is 5.11 Å². The molecule has 0 spiro atoms. The molecule has 0 radical (unpaired) electrons. The number of methoxy groups -OCH3 is 2. The van der Waals surface area contributed by atoms with Crippen LogP contribution in [0.25, 0.3) is 11.3 Å². The predicted octanol–water partition coefficient (Wildman–Crippen LogP) is 5.20. The standard InChI is InChI=1S/C30H28N4O5S/c1-18-15-21(10-11-22(18)32-26(35)17-37-2)34-28(27(33-30(34)40)23-9-4-5-14-31-23)25-13-12-24(39-25)19-7-6-8-20(16-19)29(36)38-3/h4-16,27-28H,17H2,1-3H3,(H,32,35)(H,33,40)/t27-,28+/m1/s1. The molecule has 0 bridgehead atoms. The van der Waals surface area contributed by atoms with Crippen molar-refractivity contribution in [3.8, 4) is 11.3 Å². The van der Waals surface area contributed by atoms with Crippen LogP contribution in [0.3, 0.4) is 0 Å². The molecular formula is C30H28N4O5S. The van der Waals surface area contributed by atoms with E-state index in [-0.39, 0.29) is 24.6 Å². The number of thiocarbonyl (C=S) groups is 1. The van der Waals surface area contributed by atoms with Gasteiger partial charge in [0.1, 0.15) is 24.2 Å². The molecule has 1 aliphatic rings. The number of hydrogen-bond donors (Lipinski definition) is 2. The topological polar surface area (TPSA) is 106 Å². The number of nitrogens with zero attached hydrogens (tertiary/aromatic N) is 2. The second-order valence-corrected chi connectivity index (χ2v) is 9.64. The summed E-state index contributed by atoms with van der Waals surface area (Å²) in [4.78, 5) is 30.7. The highest BCUT2D eigenvalue weighted by molar-refractivity contribution is 7.80. The Hall–Kier alpha value is -4.54. The Morgan fingerprint density at radius 2 is 1.93 bits per heavy atom. The lowest BCUT2D eigenvalue weighted by Gasteiger charge is -2.26. The maximum atomic E-state index is 12.1. The number of anilines is 2. The number of ether oxygens (including phenoxy) is 2. The minimum atomic E-state index is -0.419. The normalized spacial score (nSPS) is 16.5. The molecule has 9 nitrogen and oxygen atoms in total. The van der Waals surface area contributed by atoms with Crippen LogP contribution in [-0.2, 0) is 14.3 Å². The number of carbonyl (C=O) groups is 2. The van der Waals surface area contributed by atoms with Crippen molar-refractivity contribution >= 4 is 40.6 Å². The molecule has 0 aliphatic carbocycles. The fourth-order valence-corrected chi connectivity index (χ4v) is 5.11. The third-order valence-corrected chi connectivity index (χ3v) is 6.94. The van der Waals surface area contributed by atoms with Crippen LogP contribution in [0.15, 0.2) is 83.4 Å². The van der Waals surface area contributed by atoms with Crippen molar-refractivity contribution in [2.75, 3.05) is 31.0 Å². The number of furan rings is 1. The lowest BCUT2D eigenvalue weighted by atomic mass is 10.0. The second kappa shape index (κ2) is 11.7. The van der Waals surface area contributed by atoms with Gasteiger partial charge in [-0.25, -0.2) is 4.79 Å². The molecule has 204 valence electrons. The molecule has 0 saturated carbocycles. The van der Waals surface area contributed by atoms with Crippen LogP contribution in [0.2, 0.25) is 0 Å². The lowest BCUT2D eigenvalue weighted by molar-refractivity contribution is -0.119. The second-order valence-electron chi connectivity index (χ2n) is 9.25. The number of esters is 1. The molecule has 5 rings (SSSR count). The minimum absolute atomic E-state index is 0.0293. The van der Waals surface area contributed by atoms with E-state index in [4.69, 9.17) is 26.1 Å². The number of carbonyl (C=O) groups excluding carboxylic acids is 2. The van der Waals surface area contributed by atoms with Crippen LogP contribution >= 0.6 is 12.2 Å². The molecule has 3 heterocycles. The van der Waals surface area contributed by atoms with Crippen molar-refractivity contribution in [1.82, 2.24) is 10.3 Å². The average Bonchev–Trinajstić information content (AvgIpc) is 3.59. The first-order chi connectivity index (χ1) is 19.4. The smallest absolute Gasteiger partial charge is 0.337 e. The number of nitrogens with one attached hydrogen (secondary N) is 2. The van der Waals surface area contributed by atoms with Crippen molar-refractivity contribution < 1.29 is 23.5 Å². The van der Waals surface area contributed by atoms with Gasteiger partial charge in [-0.2, -0.15) is 0 Å². The Morgan fingerprint density at radius 3 is 2.65 bits per heavy atom. The predicted molar refractivity (Wildman–Crippen MR) is 155 cm³/mol. The molecule has 1 saturated heterocycles. The van der Waals surface area contributed by atoms with Crippen molar-refractivity contribution in [3.05, 3.63) is 102 Å². The molecule has 40 heavy (non-hydrogen) atoms. The van der Waals surface area contributed by atoms with Crippen LogP contribution in [0.5, 0.6) is 0 Å². The van der Waals surface area contributed by atoms with E-state index in [0.29, 0.717) is 27.9 Å². The van der Waals surface area contributed by atoms with Crippen molar-refractivity contribution in [3.63, 3.8) is 0 Å². The van der Waals surface area contributed by atoms with E-state index < -0.39 is 5.97 Å². The Bertz CT molecular complexity index is 1550. The maximum absolute atomic E-state index is 12.1. The largest absolute Gasteiger partial charge is 0.465 e. The first-order valence-corrected chi connectivity index (χ1v) is 13.0. The molecule has 1 fully saturated rings. The average molecular weight is 557 g/mol. The van der Waals surface area contributed by atoms with Gasteiger partial charge in [0, 0.05) is 30.2 Å². The summed E-state index contributed by atoms with van der Waals surface area (Å²) in [6.07, 6.45) is 1.74. The Kier molecular flexibility index (Phi) is 7.90. The van der Waals surface area contributed by atoms with Crippen molar-refractivity contribution in [2.24, 2.45) is 0 Å². The van der Waals surface area contributed by atoms with Gasteiger partial charge >= 0.3 is 5.97 Å². The molecule has 4 aromatic rings. The number of benzene rings is 2. The van der Waals surface area contributed by atoms with Gasteiger partial charge < -0.3 is 29.4 Å². The first kappa shape index (κ1) is 27.0. The zero-order valence-corrected chi connectivity index (χ0v) is 23.0. The fraction of sp³-hybridized carbons (Fsp3) is 0.200.